The molecule has 2 rings (SSSR count). The van der Waals surface area contributed by atoms with E-state index in [0.29, 0.717) is 11.2 Å². The van der Waals surface area contributed by atoms with Crippen molar-refractivity contribution in [1.29, 1.82) is 0 Å². The fourth-order valence-corrected chi connectivity index (χ4v) is 3.21. The standard InChI is InChI=1S/C10H17NO2S/c1-7-6-11(4-5-14-7)9(10(12)13)8-2-3-8/h7-9H,2-6H2,1H3,(H,12,13). The summed E-state index contributed by atoms with van der Waals surface area (Å²) in [6.45, 7) is 4.07. The Bertz CT molecular complexity index is 230. The minimum absolute atomic E-state index is 0.196. The van der Waals surface area contributed by atoms with E-state index >= 15 is 0 Å². The molecule has 0 aromatic carbocycles. The van der Waals surface area contributed by atoms with Gasteiger partial charge in [-0.2, -0.15) is 11.8 Å². The number of aliphatic carboxylic acids is 1. The summed E-state index contributed by atoms with van der Waals surface area (Å²) in [5.74, 6) is 0.895. The molecule has 14 heavy (non-hydrogen) atoms. The highest BCUT2D eigenvalue weighted by atomic mass is 32.2. The SMILES string of the molecule is CC1CN(C(C(=O)O)C2CC2)CCS1. The summed E-state index contributed by atoms with van der Waals surface area (Å²) in [7, 11) is 0. The van der Waals surface area contributed by atoms with Crippen LogP contribution in [0.2, 0.25) is 0 Å². The quantitative estimate of drug-likeness (QED) is 0.770. The number of carboxylic acids is 1. The lowest BCUT2D eigenvalue weighted by molar-refractivity contribution is -0.144. The Kier molecular flexibility index (Phi) is 3.02. The van der Waals surface area contributed by atoms with Crippen LogP contribution in [0, 0.1) is 5.92 Å². The van der Waals surface area contributed by atoms with E-state index in [1.807, 2.05) is 11.8 Å². The number of carboxylic acid groups (broad SMARTS) is 1. The number of rotatable bonds is 3. The highest BCUT2D eigenvalue weighted by molar-refractivity contribution is 7.99. The molecule has 80 valence electrons. The maximum atomic E-state index is 11.1. The molecule has 0 amide bonds. The fraction of sp³-hybridized carbons (Fsp3) is 0.900. The molecular formula is C10H17NO2S. The molecule has 3 nitrogen and oxygen atoms in total. The van der Waals surface area contributed by atoms with Crippen molar-refractivity contribution in [3.63, 3.8) is 0 Å². The van der Waals surface area contributed by atoms with Crippen molar-refractivity contribution in [1.82, 2.24) is 4.90 Å². The lowest BCUT2D eigenvalue weighted by Gasteiger charge is -2.34. The fourth-order valence-electron chi connectivity index (χ4n) is 2.17. The topological polar surface area (TPSA) is 40.5 Å². The summed E-state index contributed by atoms with van der Waals surface area (Å²) in [4.78, 5) is 13.3. The number of nitrogens with zero attached hydrogens (tertiary/aromatic N) is 1. The average molecular weight is 215 g/mol. The number of hydrogen-bond donors (Lipinski definition) is 1. The van der Waals surface area contributed by atoms with Gasteiger partial charge in [-0.3, -0.25) is 9.69 Å². The summed E-state index contributed by atoms with van der Waals surface area (Å²) in [6, 6.07) is -0.196. The molecule has 2 fully saturated rings. The van der Waals surface area contributed by atoms with Gasteiger partial charge >= 0.3 is 5.97 Å². The van der Waals surface area contributed by atoms with E-state index in [4.69, 9.17) is 0 Å². The Hall–Kier alpha value is -0.220. The van der Waals surface area contributed by atoms with Gasteiger partial charge in [0.15, 0.2) is 0 Å². The van der Waals surface area contributed by atoms with Crippen molar-refractivity contribution < 1.29 is 9.90 Å². The van der Waals surface area contributed by atoms with Gasteiger partial charge in [-0.1, -0.05) is 6.92 Å². The zero-order chi connectivity index (χ0) is 10.1. The van der Waals surface area contributed by atoms with Gasteiger partial charge in [0, 0.05) is 24.1 Å². The second-order valence-corrected chi connectivity index (χ2v) is 5.84. The summed E-state index contributed by atoms with van der Waals surface area (Å²) in [6.07, 6.45) is 2.21. The first-order chi connectivity index (χ1) is 6.68. The molecule has 2 unspecified atom stereocenters. The molecule has 0 aromatic heterocycles. The largest absolute Gasteiger partial charge is 0.480 e. The monoisotopic (exact) mass is 215 g/mol. The van der Waals surface area contributed by atoms with Gasteiger partial charge in [0.2, 0.25) is 0 Å². The van der Waals surface area contributed by atoms with Crippen molar-refractivity contribution in [3.8, 4) is 0 Å². The molecule has 0 spiro atoms. The van der Waals surface area contributed by atoms with E-state index in [1.165, 1.54) is 0 Å². The molecule has 1 heterocycles. The second-order valence-electron chi connectivity index (χ2n) is 4.30. The van der Waals surface area contributed by atoms with Crippen LogP contribution in [0.5, 0.6) is 0 Å². The first kappa shape index (κ1) is 10.3. The molecule has 1 aliphatic carbocycles. The van der Waals surface area contributed by atoms with Crippen LogP contribution in [0.1, 0.15) is 19.8 Å². The van der Waals surface area contributed by atoms with Crippen molar-refractivity contribution in [2.75, 3.05) is 18.8 Å². The Morgan fingerprint density at radius 1 is 1.57 bits per heavy atom. The highest BCUT2D eigenvalue weighted by Crippen LogP contribution is 2.36. The molecule has 4 heteroatoms. The zero-order valence-electron chi connectivity index (χ0n) is 8.48. The number of thioether (sulfide) groups is 1. The van der Waals surface area contributed by atoms with Crippen molar-refractivity contribution in [3.05, 3.63) is 0 Å². The predicted molar refractivity (Wildman–Crippen MR) is 57.6 cm³/mol. The maximum Gasteiger partial charge on any atom is 0.321 e. The van der Waals surface area contributed by atoms with E-state index in [-0.39, 0.29) is 6.04 Å². The number of hydrogen-bond acceptors (Lipinski definition) is 3. The van der Waals surface area contributed by atoms with Crippen LogP contribution in [-0.4, -0.2) is 46.1 Å². The van der Waals surface area contributed by atoms with Crippen LogP contribution < -0.4 is 0 Å². The predicted octanol–water partition coefficient (Wildman–Crippen LogP) is 1.29. The smallest absolute Gasteiger partial charge is 0.321 e. The first-order valence-corrected chi connectivity index (χ1v) is 6.32. The molecule has 2 atom stereocenters. The van der Waals surface area contributed by atoms with Crippen LogP contribution in [-0.2, 0) is 4.79 Å². The van der Waals surface area contributed by atoms with Gasteiger partial charge in [-0.05, 0) is 18.8 Å². The Morgan fingerprint density at radius 2 is 2.29 bits per heavy atom. The Labute approximate surface area is 88.9 Å². The first-order valence-electron chi connectivity index (χ1n) is 5.27. The van der Waals surface area contributed by atoms with Crippen LogP contribution >= 0.6 is 11.8 Å². The molecular weight excluding hydrogens is 198 g/mol. The van der Waals surface area contributed by atoms with Gasteiger partial charge in [-0.15, -0.1) is 0 Å². The van der Waals surface area contributed by atoms with Crippen molar-refractivity contribution in [2.24, 2.45) is 5.92 Å². The lowest BCUT2D eigenvalue weighted by Crippen LogP contribution is -2.48. The second kappa shape index (κ2) is 4.11. The third kappa shape index (κ3) is 2.23. The number of carbonyl (C=O) groups is 1. The Balaban J connectivity index is 1.98. The van der Waals surface area contributed by atoms with E-state index in [1.54, 1.807) is 0 Å². The normalized spacial score (nSPS) is 31.4. The van der Waals surface area contributed by atoms with Crippen LogP contribution in [0.25, 0.3) is 0 Å². The van der Waals surface area contributed by atoms with E-state index < -0.39 is 5.97 Å². The lowest BCUT2D eigenvalue weighted by atomic mass is 10.1. The third-order valence-electron chi connectivity index (χ3n) is 2.99. The molecule has 0 aromatic rings. The average Bonchev–Trinajstić information content (AvgIpc) is 2.88. The van der Waals surface area contributed by atoms with Crippen molar-refractivity contribution in [2.45, 2.75) is 31.1 Å². The van der Waals surface area contributed by atoms with Gasteiger partial charge in [0.1, 0.15) is 6.04 Å². The van der Waals surface area contributed by atoms with Crippen LogP contribution in [0.4, 0.5) is 0 Å². The van der Waals surface area contributed by atoms with E-state index in [9.17, 15) is 9.90 Å². The molecule has 1 saturated carbocycles. The highest BCUT2D eigenvalue weighted by Gasteiger charge is 2.41. The summed E-state index contributed by atoms with van der Waals surface area (Å²) < 4.78 is 0. The molecule has 1 aliphatic heterocycles. The molecule has 1 saturated heterocycles. The van der Waals surface area contributed by atoms with Gasteiger partial charge in [0.05, 0.1) is 0 Å². The summed E-state index contributed by atoms with van der Waals surface area (Å²) in [5.41, 5.74) is 0. The molecule has 0 radical (unpaired) electrons. The van der Waals surface area contributed by atoms with Crippen LogP contribution in [0.15, 0.2) is 0 Å². The molecule has 2 aliphatic rings. The van der Waals surface area contributed by atoms with Crippen molar-refractivity contribution >= 4 is 17.7 Å². The molecule has 1 N–H and O–H groups in total. The van der Waals surface area contributed by atoms with E-state index in [2.05, 4.69) is 11.8 Å². The van der Waals surface area contributed by atoms with E-state index in [0.717, 1.165) is 31.7 Å². The van der Waals surface area contributed by atoms with Crippen LogP contribution in [0.3, 0.4) is 0 Å². The minimum atomic E-state index is -0.619. The minimum Gasteiger partial charge on any atom is -0.480 e. The van der Waals surface area contributed by atoms with Gasteiger partial charge in [-0.25, -0.2) is 0 Å². The maximum absolute atomic E-state index is 11.1. The third-order valence-corrected chi connectivity index (χ3v) is 4.12. The van der Waals surface area contributed by atoms with Gasteiger partial charge < -0.3 is 5.11 Å². The zero-order valence-corrected chi connectivity index (χ0v) is 9.30. The Morgan fingerprint density at radius 3 is 2.79 bits per heavy atom. The van der Waals surface area contributed by atoms with Gasteiger partial charge in [0.25, 0.3) is 0 Å². The molecule has 0 bridgehead atoms. The summed E-state index contributed by atoms with van der Waals surface area (Å²) >= 11 is 1.95. The summed E-state index contributed by atoms with van der Waals surface area (Å²) in [5, 5.41) is 9.76.